The number of amides is 6. The molecular weight excluding hydrogens is 824 g/mol. The number of alkyl carbamates (subject to hydrolysis) is 1. The first-order valence-corrected chi connectivity index (χ1v) is 24.8. The van der Waals surface area contributed by atoms with Gasteiger partial charge in [-0.15, -0.1) is 0 Å². The maximum atomic E-state index is 14.4. The summed E-state index contributed by atoms with van der Waals surface area (Å²) in [6, 6.07) is 13.7. The highest BCUT2D eigenvalue weighted by Gasteiger charge is 2.40. The third kappa shape index (κ3) is 18.0. The summed E-state index contributed by atoms with van der Waals surface area (Å²) in [5.41, 5.74) is -0.165. The first-order valence-electron chi connectivity index (χ1n) is 22.2. The number of nitrogens with zero attached hydrogens (tertiary/aromatic N) is 2. The number of rotatable bonds is 20. The second kappa shape index (κ2) is 23.7. The zero-order chi connectivity index (χ0) is 47.1. The number of piperidine rings is 1. The monoisotopic (exact) mass is 897 g/mol. The first kappa shape index (κ1) is 52.4. The van der Waals surface area contributed by atoms with Crippen LogP contribution in [0.1, 0.15) is 105 Å². The smallest absolute Gasteiger partial charge is 0.408 e. The van der Waals surface area contributed by atoms with Gasteiger partial charge in [-0.1, -0.05) is 74.5 Å². The van der Waals surface area contributed by atoms with E-state index in [4.69, 9.17) is 4.74 Å². The molecule has 1 aliphatic rings. The van der Waals surface area contributed by atoms with Gasteiger partial charge in [0.1, 0.15) is 29.8 Å². The number of carbonyl (C=O) groups is 6. The molecule has 0 radical (unpaired) electrons. The third-order valence-electron chi connectivity index (χ3n) is 10.9. The van der Waals surface area contributed by atoms with Crippen molar-refractivity contribution >= 4 is 43.0 Å². The van der Waals surface area contributed by atoms with E-state index < -0.39 is 72.4 Å². The molecule has 15 nitrogen and oxygen atoms in total. The van der Waals surface area contributed by atoms with Gasteiger partial charge in [-0.2, -0.15) is 0 Å². The average Bonchev–Trinajstić information content (AvgIpc) is 3.18. The summed E-state index contributed by atoms with van der Waals surface area (Å²) in [6.07, 6.45) is 0.873. The molecule has 1 aliphatic heterocycles. The summed E-state index contributed by atoms with van der Waals surface area (Å²) in [7, 11) is -2.36. The van der Waals surface area contributed by atoms with Crippen molar-refractivity contribution in [2.75, 3.05) is 33.0 Å². The zero-order valence-corrected chi connectivity index (χ0v) is 40.0. The van der Waals surface area contributed by atoms with Gasteiger partial charge in [-0.3, -0.25) is 24.1 Å². The molecule has 0 saturated carbocycles. The van der Waals surface area contributed by atoms with Crippen LogP contribution in [0.15, 0.2) is 60.7 Å². The number of carbonyl (C=O) groups excluding carboxylic acids is 5. The van der Waals surface area contributed by atoms with Crippen molar-refractivity contribution in [2.24, 2.45) is 5.92 Å². The molecule has 5 N–H and O–H groups in total. The molecule has 3 rings (SSSR count). The topological polar surface area (TPSA) is 204 Å². The van der Waals surface area contributed by atoms with Gasteiger partial charge in [0.25, 0.3) is 0 Å². The normalized spacial score (nSPS) is 15.6. The predicted octanol–water partition coefficient (Wildman–Crippen LogP) is 6.43. The highest BCUT2D eigenvalue weighted by molar-refractivity contribution is 7.63. The quantitative estimate of drug-likeness (QED) is 0.0734. The maximum absolute atomic E-state index is 14.4. The minimum Gasteiger partial charge on any atom is -0.465 e. The maximum Gasteiger partial charge on any atom is 0.408 e. The van der Waals surface area contributed by atoms with E-state index in [0.29, 0.717) is 45.3 Å². The highest BCUT2D eigenvalue weighted by Crippen LogP contribution is 2.47. The average molecular weight is 897 g/mol. The van der Waals surface area contributed by atoms with Crippen LogP contribution >= 0.6 is 7.14 Å². The molecule has 2 aromatic carbocycles. The van der Waals surface area contributed by atoms with Crippen LogP contribution in [0.25, 0.3) is 0 Å². The summed E-state index contributed by atoms with van der Waals surface area (Å²) in [5.74, 6) is -2.24. The first-order chi connectivity index (χ1) is 29.4. The molecule has 0 unspecified atom stereocenters. The summed E-state index contributed by atoms with van der Waals surface area (Å²) in [6.45, 7) is 18.8. The van der Waals surface area contributed by atoms with E-state index in [2.05, 4.69) is 21.3 Å². The minimum atomic E-state index is -2.36. The number of hydrogen-bond acceptors (Lipinski definition) is 8. The molecule has 4 atom stereocenters. The molecule has 6 amide bonds. The summed E-state index contributed by atoms with van der Waals surface area (Å²) in [4.78, 5) is 85.1. The SMILES string of the molecule is CC(C)C[C@@H](NC(=O)[C@@H](Cc1ccccc1)NC(=O)[C@@H](Cc1ccccc1)N(C(=O)O)C(C)(C)C)C(=O)N[C@H](CCCCNC(=O)OC(C)(C)C)C(=O)N1CCC(P(C)(C)=O)CC1. The molecule has 2 aromatic rings. The Morgan fingerprint density at radius 3 is 1.76 bits per heavy atom. The number of likely N-dealkylation sites (tertiary alicyclic amines) is 1. The minimum absolute atomic E-state index is 0.0118. The Morgan fingerprint density at radius 1 is 0.762 bits per heavy atom. The van der Waals surface area contributed by atoms with Crippen molar-refractivity contribution < 1.29 is 43.2 Å². The van der Waals surface area contributed by atoms with Gasteiger partial charge >= 0.3 is 12.2 Å². The molecule has 0 aromatic heterocycles. The summed E-state index contributed by atoms with van der Waals surface area (Å²) >= 11 is 0. The molecular formula is C47H73N6O9P. The lowest BCUT2D eigenvalue weighted by Crippen LogP contribution is -2.61. The van der Waals surface area contributed by atoms with Crippen LogP contribution in [-0.2, 0) is 41.3 Å². The van der Waals surface area contributed by atoms with Gasteiger partial charge in [0, 0.05) is 43.7 Å². The van der Waals surface area contributed by atoms with Crippen molar-refractivity contribution in [3.63, 3.8) is 0 Å². The Labute approximate surface area is 374 Å². The molecule has 350 valence electrons. The molecule has 0 bridgehead atoms. The van der Waals surface area contributed by atoms with Crippen LogP contribution < -0.4 is 21.3 Å². The molecule has 0 spiro atoms. The molecule has 16 heteroatoms. The fraction of sp³-hybridized carbons (Fsp3) is 0.617. The number of benzene rings is 2. The Hall–Kier alpha value is -4.91. The van der Waals surface area contributed by atoms with Crippen LogP contribution in [0.5, 0.6) is 0 Å². The zero-order valence-electron chi connectivity index (χ0n) is 39.1. The van der Waals surface area contributed by atoms with Gasteiger partial charge in [-0.25, -0.2) is 9.59 Å². The molecule has 63 heavy (non-hydrogen) atoms. The molecule has 1 fully saturated rings. The highest BCUT2D eigenvalue weighted by atomic mass is 31.2. The Bertz CT molecular complexity index is 1870. The van der Waals surface area contributed by atoms with Crippen LogP contribution in [0.2, 0.25) is 0 Å². The van der Waals surface area contributed by atoms with Gasteiger partial charge in [0.15, 0.2) is 0 Å². The lowest BCUT2D eigenvalue weighted by atomic mass is 9.96. The van der Waals surface area contributed by atoms with E-state index in [9.17, 15) is 38.4 Å². The third-order valence-corrected chi connectivity index (χ3v) is 13.2. The van der Waals surface area contributed by atoms with Crippen LogP contribution in [-0.4, -0.2) is 125 Å². The lowest BCUT2D eigenvalue weighted by molar-refractivity contribution is -0.138. The molecule has 1 saturated heterocycles. The predicted molar refractivity (Wildman–Crippen MR) is 246 cm³/mol. The van der Waals surface area contributed by atoms with Crippen molar-refractivity contribution in [3.05, 3.63) is 71.8 Å². The van der Waals surface area contributed by atoms with Crippen molar-refractivity contribution in [3.8, 4) is 0 Å². The van der Waals surface area contributed by atoms with Crippen molar-refractivity contribution in [2.45, 2.75) is 148 Å². The van der Waals surface area contributed by atoms with Crippen LogP contribution in [0.3, 0.4) is 0 Å². The van der Waals surface area contributed by atoms with E-state index in [-0.39, 0.29) is 43.2 Å². The van der Waals surface area contributed by atoms with Crippen LogP contribution in [0.4, 0.5) is 9.59 Å². The fourth-order valence-electron chi connectivity index (χ4n) is 7.76. The van der Waals surface area contributed by atoms with Crippen LogP contribution in [0, 0.1) is 5.92 Å². The fourth-order valence-corrected chi connectivity index (χ4v) is 9.24. The van der Waals surface area contributed by atoms with E-state index in [1.165, 1.54) is 0 Å². The van der Waals surface area contributed by atoms with Gasteiger partial charge in [0.2, 0.25) is 23.6 Å². The second-order valence-corrected chi connectivity index (χ2v) is 23.0. The summed E-state index contributed by atoms with van der Waals surface area (Å²) < 4.78 is 18.2. The van der Waals surface area contributed by atoms with E-state index in [0.717, 1.165) is 16.0 Å². The Balaban J connectivity index is 1.90. The Morgan fingerprint density at radius 2 is 1.27 bits per heavy atom. The summed E-state index contributed by atoms with van der Waals surface area (Å²) in [5, 5.41) is 21.8. The van der Waals surface area contributed by atoms with E-state index in [1.54, 1.807) is 71.9 Å². The van der Waals surface area contributed by atoms with Crippen molar-refractivity contribution in [1.29, 1.82) is 0 Å². The number of ether oxygens (including phenoxy) is 1. The number of carboxylic acid groups (broad SMARTS) is 1. The van der Waals surface area contributed by atoms with Gasteiger partial charge in [-0.05, 0) is 110 Å². The second-order valence-electron chi connectivity index (χ2n) is 19.4. The standard InChI is InChI=1S/C47H73N6O9P/c1-32(2)29-37(40(54)49-36(23-17-18-26-48-44(58)62-47(6,7)8)43(57)52-27-24-35(25-28-52)63(9,10)61)50-41(55)38(30-33-19-13-11-14-20-33)51-42(56)39(31-34-21-15-12-16-22-34)53(45(59)60)46(3,4)5/h11-16,19-22,32,35-39H,17-18,23-31H2,1-10H3,(H,48,58)(H,49,54)(H,50,55)(H,51,56)(H,59,60)/t36-,37-,38-,39-/m1/s1. The van der Waals surface area contributed by atoms with E-state index in [1.807, 2.05) is 62.4 Å². The van der Waals surface area contributed by atoms with E-state index >= 15 is 0 Å². The lowest BCUT2D eigenvalue weighted by Gasteiger charge is -2.39. The van der Waals surface area contributed by atoms with Crippen molar-refractivity contribution in [1.82, 2.24) is 31.1 Å². The molecule has 1 heterocycles. The van der Waals surface area contributed by atoms with Gasteiger partial charge in [0.05, 0.1) is 7.14 Å². The largest absolute Gasteiger partial charge is 0.465 e. The number of unbranched alkanes of at least 4 members (excludes halogenated alkanes) is 1. The molecule has 0 aliphatic carbocycles. The van der Waals surface area contributed by atoms with Gasteiger partial charge < -0.3 is 40.6 Å². The number of nitrogens with one attached hydrogen (secondary N) is 4. The Kier molecular flexibility index (Phi) is 19.7. The number of hydrogen-bond donors (Lipinski definition) is 5.